The highest BCUT2D eigenvalue weighted by Gasteiger charge is 2.31. The van der Waals surface area contributed by atoms with Crippen LogP contribution in [0.15, 0.2) is 54.7 Å². The third-order valence-electron chi connectivity index (χ3n) is 4.80. The third kappa shape index (κ3) is 2.98. The number of nitrogens with zero attached hydrogens (tertiary/aromatic N) is 2. The van der Waals surface area contributed by atoms with Crippen molar-refractivity contribution in [3.63, 3.8) is 0 Å². The van der Waals surface area contributed by atoms with E-state index in [0.29, 0.717) is 41.9 Å². The summed E-state index contributed by atoms with van der Waals surface area (Å²) >= 11 is 0. The highest BCUT2D eigenvalue weighted by molar-refractivity contribution is 5.99. The van der Waals surface area contributed by atoms with E-state index in [0.717, 1.165) is 0 Å². The Bertz CT molecular complexity index is 953. The van der Waals surface area contributed by atoms with Crippen LogP contribution in [0.25, 0.3) is 11.3 Å². The molecule has 3 aromatic rings. The van der Waals surface area contributed by atoms with Gasteiger partial charge in [-0.25, -0.2) is 8.78 Å². The van der Waals surface area contributed by atoms with Crippen molar-refractivity contribution in [2.75, 3.05) is 13.1 Å². The van der Waals surface area contributed by atoms with Gasteiger partial charge in [-0.3, -0.25) is 9.89 Å². The van der Waals surface area contributed by atoms with Gasteiger partial charge in [0.15, 0.2) is 0 Å². The Balaban J connectivity index is 1.57. The molecule has 0 bridgehead atoms. The number of likely N-dealkylation sites (tertiary alicyclic amines) is 1. The lowest BCUT2D eigenvalue weighted by Gasteiger charge is -2.17. The first-order chi connectivity index (χ1) is 12.6. The standard InChI is InChI=1S/C20H17F2N3O/c21-15-5-3-4-13(10-15)19-17(11-23-24-19)20(26)25-9-8-14(12-25)16-6-1-2-7-18(16)22/h1-7,10-11,14H,8-9,12H2,(H,23,24)/t14-/m0/s1. The molecule has 1 saturated heterocycles. The highest BCUT2D eigenvalue weighted by atomic mass is 19.1. The smallest absolute Gasteiger partial charge is 0.257 e. The second-order valence-electron chi connectivity index (χ2n) is 6.43. The minimum absolute atomic E-state index is 0.0235. The topological polar surface area (TPSA) is 49.0 Å². The molecule has 2 aromatic carbocycles. The zero-order valence-electron chi connectivity index (χ0n) is 14.0. The van der Waals surface area contributed by atoms with Gasteiger partial charge < -0.3 is 4.90 Å². The van der Waals surface area contributed by atoms with Crippen LogP contribution in [0.4, 0.5) is 8.78 Å². The first-order valence-corrected chi connectivity index (χ1v) is 8.46. The van der Waals surface area contributed by atoms with E-state index in [4.69, 9.17) is 0 Å². The average Bonchev–Trinajstić information content (AvgIpc) is 3.31. The van der Waals surface area contributed by atoms with Crippen molar-refractivity contribution in [1.82, 2.24) is 15.1 Å². The quantitative estimate of drug-likeness (QED) is 0.774. The summed E-state index contributed by atoms with van der Waals surface area (Å²) in [5, 5.41) is 6.74. The molecule has 0 unspecified atom stereocenters. The number of rotatable bonds is 3. The van der Waals surface area contributed by atoms with Gasteiger partial charge in [-0.1, -0.05) is 30.3 Å². The van der Waals surface area contributed by atoms with Crippen molar-refractivity contribution >= 4 is 5.91 Å². The summed E-state index contributed by atoms with van der Waals surface area (Å²) in [4.78, 5) is 14.6. The van der Waals surface area contributed by atoms with Gasteiger partial charge in [-0.05, 0) is 30.2 Å². The normalized spacial score (nSPS) is 16.8. The van der Waals surface area contributed by atoms with Crippen LogP contribution in [-0.2, 0) is 0 Å². The fourth-order valence-corrected chi connectivity index (χ4v) is 3.49. The number of carbonyl (C=O) groups excluding carboxylic acids is 1. The first kappa shape index (κ1) is 16.4. The van der Waals surface area contributed by atoms with E-state index < -0.39 is 0 Å². The Labute approximate surface area is 149 Å². The largest absolute Gasteiger partial charge is 0.338 e. The maximum Gasteiger partial charge on any atom is 0.257 e. The maximum atomic E-state index is 14.0. The second kappa shape index (κ2) is 6.71. The van der Waals surface area contributed by atoms with Gasteiger partial charge in [0.1, 0.15) is 11.6 Å². The molecule has 0 radical (unpaired) electrons. The number of carbonyl (C=O) groups is 1. The van der Waals surface area contributed by atoms with Crippen molar-refractivity contribution < 1.29 is 13.6 Å². The van der Waals surface area contributed by atoms with Gasteiger partial charge in [0, 0.05) is 24.6 Å². The summed E-state index contributed by atoms with van der Waals surface area (Å²) in [5.74, 6) is -0.826. The lowest BCUT2D eigenvalue weighted by molar-refractivity contribution is 0.0791. The fourth-order valence-electron chi connectivity index (χ4n) is 3.49. The second-order valence-corrected chi connectivity index (χ2v) is 6.43. The number of amides is 1. The number of benzene rings is 2. The van der Waals surface area contributed by atoms with Crippen molar-refractivity contribution in [2.24, 2.45) is 0 Å². The fraction of sp³-hybridized carbons (Fsp3) is 0.200. The number of halogens is 2. The van der Waals surface area contributed by atoms with E-state index in [1.165, 1.54) is 24.4 Å². The number of hydrogen-bond acceptors (Lipinski definition) is 2. The monoisotopic (exact) mass is 353 g/mol. The molecule has 1 N–H and O–H groups in total. The van der Waals surface area contributed by atoms with Crippen LogP contribution in [-0.4, -0.2) is 34.1 Å². The van der Waals surface area contributed by atoms with Crippen LogP contribution in [0, 0.1) is 11.6 Å². The molecule has 2 heterocycles. The molecular weight excluding hydrogens is 336 g/mol. The van der Waals surface area contributed by atoms with E-state index in [2.05, 4.69) is 10.2 Å². The molecule has 4 nitrogen and oxygen atoms in total. The summed E-state index contributed by atoms with van der Waals surface area (Å²) in [6.45, 7) is 0.999. The number of nitrogens with one attached hydrogen (secondary N) is 1. The van der Waals surface area contributed by atoms with E-state index in [1.54, 1.807) is 35.2 Å². The lowest BCUT2D eigenvalue weighted by atomic mass is 9.98. The van der Waals surface area contributed by atoms with Gasteiger partial charge in [0.25, 0.3) is 5.91 Å². The summed E-state index contributed by atoms with van der Waals surface area (Å²) in [6, 6.07) is 12.7. The van der Waals surface area contributed by atoms with Crippen molar-refractivity contribution in [3.05, 3.63) is 77.5 Å². The van der Waals surface area contributed by atoms with Crippen LogP contribution in [0.5, 0.6) is 0 Å². The Kier molecular flexibility index (Phi) is 4.24. The number of hydrogen-bond donors (Lipinski definition) is 1. The summed E-state index contributed by atoms with van der Waals surface area (Å²) < 4.78 is 27.5. The molecule has 0 spiro atoms. The van der Waals surface area contributed by atoms with Gasteiger partial charge in [-0.2, -0.15) is 5.10 Å². The molecule has 1 aliphatic heterocycles. The van der Waals surface area contributed by atoms with Crippen LogP contribution in [0.3, 0.4) is 0 Å². The van der Waals surface area contributed by atoms with Crippen LogP contribution < -0.4 is 0 Å². The summed E-state index contributed by atoms with van der Waals surface area (Å²) in [7, 11) is 0. The molecule has 26 heavy (non-hydrogen) atoms. The average molecular weight is 353 g/mol. The van der Waals surface area contributed by atoms with Gasteiger partial charge in [0.05, 0.1) is 17.5 Å². The SMILES string of the molecule is O=C(c1cn[nH]c1-c1cccc(F)c1)N1CC[C@H](c2ccccc2F)C1. The zero-order valence-corrected chi connectivity index (χ0v) is 14.0. The minimum atomic E-state index is -0.378. The molecule has 1 atom stereocenters. The molecular formula is C20H17F2N3O. The molecule has 132 valence electrons. The molecule has 0 aliphatic carbocycles. The van der Waals surface area contributed by atoms with E-state index in [-0.39, 0.29) is 23.5 Å². The van der Waals surface area contributed by atoms with E-state index in [9.17, 15) is 13.6 Å². The Morgan fingerprint density at radius 1 is 1.15 bits per heavy atom. The van der Waals surface area contributed by atoms with Crippen LogP contribution in [0.2, 0.25) is 0 Å². The number of aromatic nitrogens is 2. The maximum absolute atomic E-state index is 14.0. The van der Waals surface area contributed by atoms with Crippen LogP contribution in [0.1, 0.15) is 28.3 Å². The number of aromatic amines is 1. The molecule has 1 aliphatic rings. The van der Waals surface area contributed by atoms with Crippen molar-refractivity contribution in [3.8, 4) is 11.3 Å². The van der Waals surface area contributed by atoms with Gasteiger partial charge in [0.2, 0.25) is 0 Å². The minimum Gasteiger partial charge on any atom is -0.338 e. The van der Waals surface area contributed by atoms with Gasteiger partial charge in [-0.15, -0.1) is 0 Å². The number of H-pyrrole nitrogens is 1. The Morgan fingerprint density at radius 2 is 2.00 bits per heavy atom. The molecule has 1 aromatic heterocycles. The first-order valence-electron chi connectivity index (χ1n) is 8.46. The predicted octanol–water partition coefficient (Wildman–Crippen LogP) is 3.98. The van der Waals surface area contributed by atoms with Crippen molar-refractivity contribution in [1.29, 1.82) is 0 Å². The highest BCUT2D eigenvalue weighted by Crippen LogP contribution is 2.31. The third-order valence-corrected chi connectivity index (χ3v) is 4.80. The predicted molar refractivity (Wildman–Crippen MR) is 93.6 cm³/mol. The molecule has 6 heteroatoms. The molecule has 0 saturated carbocycles. The van der Waals surface area contributed by atoms with E-state index in [1.807, 2.05) is 0 Å². The zero-order chi connectivity index (χ0) is 18.1. The molecule has 1 fully saturated rings. The Hall–Kier alpha value is -3.02. The van der Waals surface area contributed by atoms with Crippen LogP contribution >= 0.6 is 0 Å². The van der Waals surface area contributed by atoms with Crippen molar-refractivity contribution in [2.45, 2.75) is 12.3 Å². The van der Waals surface area contributed by atoms with Gasteiger partial charge >= 0.3 is 0 Å². The molecule has 1 amide bonds. The molecule has 4 rings (SSSR count). The lowest BCUT2D eigenvalue weighted by Crippen LogP contribution is -2.28. The summed E-state index contributed by atoms with van der Waals surface area (Å²) in [6.07, 6.45) is 2.17. The Morgan fingerprint density at radius 3 is 2.81 bits per heavy atom. The van der Waals surface area contributed by atoms with E-state index >= 15 is 0 Å². The summed E-state index contributed by atoms with van der Waals surface area (Å²) in [5.41, 5.74) is 2.09.